The molecule has 3 aromatic rings. The van der Waals surface area contributed by atoms with Crippen molar-refractivity contribution in [2.24, 2.45) is 0 Å². The van der Waals surface area contributed by atoms with Gasteiger partial charge in [0.05, 0.1) is 6.54 Å². The number of aliphatic hydroxyl groups is 1. The highest BCUT2D eigenvalue weighted by atomic mass is 16.5. The van der Waals surface area contributed by atoms with Crippen molar-refractivity contribution in [1.82, 2.24) is 4.57 Å². The summed E-state index contributed by atoms with van der Waals surface area (Å²) in [6, 6.07) is 15.2. The first-order chi connectivity index (χ1) is 12.5. The fourth-order valence-corrected chi connectivity index (χ4v) is 3.29. The van der Waals surface area contributed by atoms with Gasteiger partial charge in [-0.15, -0.1) is 0 Å². The summed E-state index contributed by atoms with van der Waals surface area (Å²) in [7, 11) is 0. The van der Waals surface area contributed by atoms with E-state index in [0.717, 1.165) is 17.9 Å². The molecule has 3 rings (SSSR count). The van der Waals surface area contributed by atoms with Crippen LogP contribution >= 0.6 is 0 Å². The first kappa shape index (κ1) is 18.1. The Kier molecular flexibility index (Phi) is 5.38. The van der Waals surface area contributed by atoms with Crippen molar-refractivity contribution in [1.29, 1.82) is 0 Å². The van der Waals surface area contributed by atoms with Crippen LogP contribution in [0.5, 0.6) is 5.75 Å². The number of fused-ring (bicyclic) bond motifs is 1. The van der Waals surface area contributed by atoms with Crippen LogP contribution < -0.4 is 9.30 Å². The fraction of sp³-hybridized carbons (Fsp3) is 0.333. The van der Waals surface area contributed by atoms with Gasteiger partial charge in [0.15, 0.2) is 16.8 Å². The van der Waals surface area contributed by atoms with Crippen molar-refractivity contribution < 1.29 is 19.2 Å². The standard InChI is InChI=1S/C21H25N2O3/c1-4-22-16(3)23(21-8-6-5-7-20(21)22)13-18(25)14-26-19-11-9-17(10-12-19)15(2)24/h5-12,18,25H,4,13-14H2,1-3H3/q+1. The maximum Gasteiger partial charge on any atom is 0.254 e. The summed E-state index contributed by atoms with van der Waals surface area (Å²) in [5.41, 5.74) is 2.92. The van der Waals surface area contributed by atoms with E-state index < -0.39 is 6.10 Å². The molecule has 0 bridgehead atoms. The Labute approximate surface area is 153 Å². The van der Waals surface area contributed by atoms with Crippen LogP contribution in [-0.2, 0) is 13.1 Å². The van der Waals surface area contributed by atoms with E-state index in [4.69, 9.17) is 4.74 Å². The van der Waals surface area contributed by atoms with Crippen LogP contribution in [0.1, 0.15) is 30.0 Å². The molecule has 0 saturated heterocycles. The number of aryl methyl sites for hydroxylation is 1. The summed E-state index contributed by atoms with van der Waals surface area (Å²) in [5.74, 6) is 1.78. The van der Waals surface area contributed by atoms with Crippen molar-refractivity contribution in [2.75, 3.05) is 6.61 Å². The molecule has 0 spiro atoms. The first-order valence-electron chi connectivity index (χ1n) is 8.90. The predicted molar refractivity (Wildman–Crippen MR) is 100 cm³/mol. The lowest BCUT2D eigenvalue weighted by Crippen LogP contribution is -2.44. The number of hydrogen-bond acceptors (Lipinski definition) is 3. The number of para-hydroxylation sites is 2. The average molecular weight is 353 g/mol. The summed E-state index contributed by atoms with van der Waals surface area (Å²) in [6.45, 7) is 7.26. The Morgan fingerprint density at radius 3 is 2.54 bits per heavy atom. The SMILES string of the molecule is CCn1c(C)[n+](CC(O)COc2ccc(C(C)=O)cc2)c2ccccc21. The van der Waals surface area contributed by atoms with Crippen molar-refractivity contribution >= 4 is 16.8 Å². The largest absolute Gasteiger partial charge is 0.491 e. The van der Waals surface area contributed by atoms with Crippen molar-refractivity contribution in [3.8, 4) is 5.75 Å². The predicted octanol–water partition coefficient (Wildman–Crippen LogP) is 2.90. The molecule has 0 fully saturated rings. The molecule has 5 heteroatoms. The Morgan fingerprint density at radius 2 is 1.88 bits per heavy atom. The summed E-state index contributed by atoms with van der Waals surface area (Å²) < 4.78 is 10.0. The van der Waals surface area contributed by atoms with Gasteiger partial charge in [-0.3, -0.25) is 4.79 Å². The van der Waals surface area contributed by atoms with Gasteiger partial charge in [-0.05, 0) is 50.2 Å². The van der Waals surface area contributed by atoms with Gasteiger partial charge in [0.1, 0.15) is 25.0 Å². The minimum Gasteiger partial charge on any atom is -0.491 e. The quantitative estimate of drug-likeness (QED) is 0.525. The molecule has 0 radical (unpaired) electrons. The zero-order chi connectivity index (χ0) is 18.7. The first-order valence-corrected chi connectivity index (χ1v) is 8.90. The molecule has 26 heavy (non-hydrogen) atoms. The highest BCUT2D eigenvalue weighted by Crippen LogP contribution is 2.15. The molecule has 0 amide bonds. The van der Waals surface area contributed by atoms with Crippen LogP contribution in [0.25, 0.3) is 11.0 Å². The third-order valence-electron chi connectivity index (χ3n) is 4.66. The average Bonchev–Trinajstić information content (AvgIpc) is 2.91. The molecule has 1 N–H and O–H groups in total. The highest BCUT2D eigenvalue weighted by Gasteiger charge is 2.22. The topological polar surface area (TPSA) is 55.3 Å². The Hall–Kier alpha value is -2.66. The summed E-state index contributed by atoms with van der Waals surface area (Å²) in [4.78, 5) is 11.3. The molecular weight excluding hydrogens is 328 g/mol. The molecule has 0 aliphatic heterocycles. The number of aromatic nitrogens is 2. The Balaban J connectivity index is 1.70. The number of aliphatic hydroxyl groups excluding tert-OH is 1. The molecule has 1 atom stereocenters. The summed E-state index contributed by atoms with van der Waals surface area (Å²) >= 11 is 0. The van der Waals surface area contributed by atoms with E-state index in [2.05, 4.69) is 35.1 Å². The van der Waals surface area contributed by atoms with Gasteiger partial charge in [0.2, 0.25) is 0 Å². The van der Waals surface area contributed by atoms with E-state index >= 15 is 0 Å². The minimum absolute atomic E-state index is 0.0239. The number of benzene rings is 2. The van der Waals surface area contributed by atoms with Crippen molar-refractivity contribution in [3.63, 3.8) is 0 Å². The number of nitrogens with zero attached hydrogens (tertiary/aromatic N) is 2. The second kappa shape index (κ2) is 7.70. The zero-order valence-corrected chi connectivity index (χ0v) is 15.5. The van der Waals surface area contributed by atoms with E-state index in [1.807, 2.05) is 12.1 Å². The van der Waals surface area contributed by atoms with E-state index in [-0.39, 0.29) is 12.4 Å². The lowest BCUT2D eigenvalue weighted by atomic mass is 10.1. The Bertz CT molecular complexity index is 913. The molecule has 1 aromatic heterocycles. The van der Waals surface area contributed by atoms with Gasteiger partial charge in [0, 0.05) is 12.5 Å². The zero-order valence-electron chi connectivity index (χ0n) is 15.5. The van der Waals surface area contributed by atoms with Gasteiger partial charge in [-0.1, -0.05) is 12.1 Å². The number of imidazole rings is 1. The van der Waals surface area contributed by atoms with E-state index in [1.54, 1.807) is 24.3 Å². The van der Waals surface area contributed by atoms with Crippen LogP contribution in [0.4, 0.5) is 0 Å². The van der Waals surface area contributed by atoms with Gasteiger partial charge < -0.3 is 9.84 Å². The number of ketones is 1. The van der Waals surface area contributed by atoms with E-state index in [9.17, 15) is 9.90 Å². The maximum absolute atomic E-state index is 11.3. The lowest BCUT2D eigenvalue weighted by molar-refractivity contribution is -0.685. The van der Waals surface area contributed by atoms with Gasteiger partial charge >= 0.3 is 0 Å². The van der Waals surface area contributed by atoms with Crippen LogP contribution in [0.2, 0.25) is 0 Å². The molecule has 0 aliphatic rings. The maximum atomic E-state index is 11.3. The number of rotatable bonds is 7. The number of hydrogen-bond donors (Lipinski definition) is 1. The third kappa shape index (κ3) is 3.63. The van der Waals surface area contributed by atoms with Crippen LogP contribution in [0.3, 0.4) is 0 Å². The second-order valence-electron chi connectivity index (χ2n) is 6.44. The van der Waals surface area contributed by atoms with E-state index in [1.165, 1.54) is 12.4 Å². The lowest BCUT2D eigenvalue weighted by Gasteiger charge is -2.12. The molecule has 1 unspecified atom stereocenters. The third-order valence-corrected chi connectivity index (χ3v) is 4.66. The molecule has 1 heterocycles. The highest BCUT2D eigenvalue weighted by molar-refractivity contribution is 5.94. The van der Waals surface area contributed by atoms with E-state index in [0.29, 0.717) is 17.9 Å². The number of Topliss-reactive ketones (excluding diaryl/α,β-unsaturated/α-hetero) is 1. The molecule has 136 valence electrons. The van der Waals surface area contributed by atoms with Gasteiger partial charge in [-0.25, -0.2) is 9.13 Å². The fourth-order valence-electron chi connectivity index (χ4n) is 3.29. The molecule has 0 saturated carbocycles. The second-order valence-corrected chi connectivity index (χ2v) is 6.44. The van der Waals surface area contributed by atoms with Gasteiger partial charge in [-0.2, -0.15) is 0 Å². The molecule has 0 aliphatic carbocycles. The van der Waals surface area contributed by atoms with Gasteiger partial charge in [0.25, 0.3) is 5.82 Å². The molecule has 5 nitrogen and oxygen atoms in total. The van der Waals surface area contributed by atoms with Crippen LogP contribution in [-0.4, -0.2) is 28.2 Å². The summed E-state index contributed by atoms with van der Waals surface area (Å²) in [6.07, 6.45) is -0.637. The summed E-state index contributed by atoms with van der Waals surface area (Å²) in [5, 5.41) is 10.5. The monoisotopic (exact) mass is 353 g/mol. The van der Waals surface area contributed by atoms with Crippen molar-refractivity contribution in [3.05, 3.63) is 59.9 Å². The number of carbonyl (C=O) groups is 1. The van der Waals surface area contributed by atoms with Crippen molar-refractivity contribution in [2.45, 2.75) is 40.0 Å². The number of ether oxygens (including phenoxy) is 1. The molecular formula is C21H25N2O3+. The normalized spacial score (nSPS) is 12.3. The smallest absolute Gasteiger partial charge is 0.254 e. The Morgan fingerprint density at radius 1 is 1.19 bits per heavy atom. The number of carbonyl (C=O) groups excluding carboxylic acids is 1. The van der Waals surface area contributed by atoms with Crippen LogP contribution in [0, 0.1) is 6.92 Å². The minimum atomic E-state index is -0.637. The molecule has 2 aromatic carbocycles. The van der Waals surface area contributed by atoms with Crippen LogP contribution in [0.15, 0.2) is 48.5 Å².